The number of ether oxygens (including phenoxy) is 2. The summed E-state index contributed by atoms with van der Waals surface area (Å²) < 4.78 is 43.3. The molecule has 0 aliphatic carbocycles. The monoisotopic (exact) mass is 872 g/mol. The molecule has 1 amide bonds. The number of benzene rings is 5. The zero-order chi connectivity index (χ0) is 44.8. The van der Waals surface area contributed by atoms with Crippen LogP contribution < -0.4 is 14.8 Å². The Morgan fingerprint density at radius 1 is 0.952 bits per heavy atom. The highest BCUT2D eigenvalue weighted by atomic mass is 35.5. The van der Waals surface area contributed by atoms with Gasteiger partial charge in [-0.3, -0.25) is 19.1 Å². The largest absolute Gasteiger partial charge is 0.497 e. The lowest BCUT2D eigenvalue weighted by molar-refractivity contribution is -0.150. The number of anilines is 2. The Balaban J connectivity index is 1.21. The smallest absolute Gasteiger partial charge is 0.311 e. The van der Waals surface area contributed by atoms with Crippen molar-refractivity contribution in [1.29, 1.82) is 5.26 Å². The van der Waals surface area contributed by atoms with E-state index in [-0.39, 0.29) is 46.0 Å². The van der Waals surface area contributed by atoms with Gasteiger partial charge in [0.15, 0.2) is 5.58 Å². The maximum absolute atomic E-state index is 13.9. The number of Topliss-reactive ketones (excluding diaryl/α,β-unsaturated/α-hetero) is 1. The molecule has 1 atom stereocenters. The second kappa shape index (κ2) is 18.9. The summed E-state index contributed by atoms with van der Waals surface area (Å²) in [6, 6.07) is 31.0. The van der Waals surface area contributed by atoms with E-state index >= 15 is 0 Å². The van der Waals surface area contributed by atoms with Crippen LogP contribution in [0, 0.1) is 18.3 Å². The number of amides is 1. The SMILES string of the molecule is CCC(C)(C)c1ccc2oc(/C(C#N)=C/c3ccc(CC(=O)OC(C(=O)Nc4cc(Cc5ccccc5NS(C)(=O)=O)ccc4Cl)C(=O)c4ccc(OC)cc4)cc3C)nc2c1. The highest BCUT2D eigenvalue weighted by Gasteiger charge is 2.32. The third-order valence-corrected chi connectivity index (χ3v) is 11.4. The number of halogens is 1. The molecule has 12 nitrogen and oxygen atoms in total. The number of nitrogens with zero attached hydrogens (tertiary/aromatic N) is 2. The number of hydrogen-bond acceptors (Lipinski definition) is 10. The molecule has 1 unspecified atom stereocenters. The van der Waals surface area contributed by atoms with Gasteiger partial charge in [0.25, 0.3) is 5.91 Å². The minimum atomic E-state index is -3.55. The first-order valence-corrected chi connectivity index (χ1v) is 21.9. The molecule has 1 aromatic heterocycles. The number of fused-ring (bicyclic) bond motifs is 1. The molecule has 6 rings (SSSR count). The first-order chi connectivity index (χ1) is 29.5. The minimum absolute atomic E-state index is 0.0498. The predicted molar refractivity (Wildman–Crippen MR) is 241 cm³/mol. The van der Waals surface area contributed by atoms with Crippen molar-refractivity contribution < 1.29 is 36.7 Å². The summed E-state index contributed by atoms with van der Waals surface area (Å²) in [4.78, 5) is 46.0. The Labute approximate surface area is 365 Å². The summed E-state index contributed by atoms with van der Waals surface area (Å²) >= 11 is 6.51. The number of methoxy groups -OCH3 is 1. The van der Waals surface area contributed by atoms with Gasteiger partial charge in [-0.15, -0.1) is 0 Å². The Bertz CT molecular complexity index is 2860. The number of allylic oxidation sites excluding steroid dienone is 1. The van der Waals surface area contributed by atoms with Crippen LogP contribution in [0.5, 0.6) is 5.75 Å². The van der Waals surface area contributed by atoms with Gasteiger partial charge >= 0.3 is 5.97 Å². The first-order valence-electron chi connectivity index (χ1n) is 19.6. The number of rotatable bonds is 16. The second-order valence-electron chi connectivity index (χ2n) is 15.5. The summed E-state index contributed by atoms with van der Waals surface area (Å²) in [6.07, 6.45) is 1.74. The Hall–Kier alpha value is -6.75. The van der Waals surface area contributed by atoms with Crippen molar-refractivity contribution in [2.75, 3.05) is 23.4 Å². The number of esters is 1. The number of ketones is 1. The zero-order valence-electron chi connectivity index (χ0n) is 35.0. The van der Waals surface area contributed by atoms with Gasteiger partial charge in [-0.2, -0.15) is 5.26 Å². The van der Waals surface area contributed by atoms with E-state index in [1.165, 1.54) is 19.2 Å². The summed E-state index contributed by atoms with van der Waals surface area (Å²) in [5.41, 5.74) is 6.44. The van der Waals surface area contributed by atoms with E-state index in [9.17, 15) is 28.1 Å². The topological polar surface area (TPSA) is 178 Å². The van der Waals surface area contributed by atoms with Gasteiger partial charge in [0, 0.05) is 5.56 Å². The molecule has 6 aromatic rings. The number of aromatic nitrogens is 1. The molecule has 0 aliphatic heterocycles. The maximum Gasteiger partial charge on any atom is 0.311 e. The van der Waals surface area contributed by atoms with Gasteiger partial charge < -0.3 is 19.2 Å². The Kier molecular flexibility index (Phi) is 13.6. The summed E-state index contributed by atoms with van der Waals surface area (Å²) in [6.45, 7) is 8.27. The first kappa shape index (κ1) is 44.8. The fourth-order valence-electron chi connectivity index (χ4n) is 6.62. The normalized spacial score (nSPS) is 12.3. The van der Waals surface area contributed by atoms with Crippen LogP contribution in [0.25, 0.3) is 22.7 Å². The molecular weight excluding hydrogens is 828 g/mol. The Morgan fingerprint density at radius 3 is 2.35 bits per heavy atom. The summed E-state index contributed by atoms with van der Waals surface area (Å²) in [5.74, 6) is -1.91. The lowest BCUT2D eigenvalue weighted by Gasteiger charge is -2.22. The summed E-state index contributed by atoms with van der Waals surface area (Å²) in [5, 5.41) is 12.9. The molecule has 1 heterocycles. The van der Waals surface area contributed by atoms with E-state index in [2.05, 4.69) is 41.9 Å². The highest BCUT2D eigenvalue weighted by Crippen LogP contribution is 2.32. The van der Waals surface area contributed by atoms with E-state index in [1.54, 1.807) is 78.9 Å². The number of aryl methyl sites for hydroxylation is 1. The van der Waals surface area contributed by atoms with Gasteiger partial charge in [-0.25, -0.2) is 13.4 Å². The standard InChI is InChI=1S/C48H45ClN4O8S/c1-7-48(3,4)36-17-21-42-41(27-36)52-47(60-42)35(28-50)26-33-14-12-30(22-29(33)2)25-43(54)61-45(44(55)32-15-18-37(59-5)19-16-32)46(56)51-40-24-31(13-20-38(40)49)23-34-10-8-9-11-39(34)53-62(6,57)58/h8-22,24,26-27,45,53H,7,23,25H2,1-6H3,(H,51,56)/b35-26+. The van der Waals surface area contributed by atoms with Crippen LogP contribution in [-0.4, -0.2) is 50.5 Å². The van der Waals surface area contributed by atoms with Gasteiger partial charge in [-0.05, 0) is 119 Å². The molecule has 0 fully saturated rings. The quantitative estimate of drug-likeness (QED) is 0.0412. The molecule has 2 N–H and O–H groups in total. The number of carbonyl (C=O) groups is 3. The van der Waals surface area contributed by atoms with E-state index in [4.69, 9.17) is 25.5 Å². The molecule has 5 aromatic carbocycles. The fourth-order valence-corrected chi connectivity index (χ4v) is 7.38. The number of para-hydroxylation sites is 1. The highest BCUT2D eigenvalue weighted by molar-refractivity contribution is 7.92. The number of carbonyl (C=O) groups excluding carboxylic acids is 3. The molecule has 14 heteroatoms. The van der Waals surface area contributed by atoms with Crippen LogP contribution in [-0.2, 0) is 42.6 Å². The average molecular weight is 873 g/mol. The molecule has 0 saturated heterocycles. The van der Waals surface area contributed by atoms with E-state index in [0.717, 1.165) is 23.8 Å². The van der Waals surface area contributed by atoms with Crippen molar-refractivity contribution in [3.05, 3.63) is 153 Å². The van der Waals surface area contributed by atoms with Crippen molar-refractivity contribution in [2.45, 2.75) is 58.5 Å². The van der Waals surface area contributed by atoms with Crippen molar-refractivity contribution in [3.63, 3.8) is 0 Å². The molecule has 0 radical (unpaired) electrons. The van der Waals surface area contributed by atoms with Gasteiger partial charge in [0.05, 0.1) is 36.2 Å². The number of nitriles is 1. The number of oxazole rings is 1. The third kappa shape index (κ3) is 10.9. The molecule has 0 bridgehead atoms. The molecule has 0 aliphatic rings. The molecule has 0 spiro atoms. The van der Waals surface area contributed by atoms with Crippen LogP contribution in [0.3, 0.4) is 0 Å². The number of nitrogens with one attached hydrogen (secondary N) is 2. The van der Waals surface area contributed by atoms with E-state index in [1.807, 2.05) is 25.1 Å². The van der Waals surface area contributed by atoms with Gasteiger partial charge in [-0.1, -0.05) is 80.9 Å². The van der Waals surface area contributed by atoms with E-state index < -0.39 is 33.8 Å². The van der Waals surface area contributed by atoms with Crippen molar-refractivity contribution in [3.8, 4) is 11.8 Å². The maximum atomic E-state index is 13.9. The molecule has 62 heavy (non-hydrogen) atoms. The van der Waals surface area contributed by atoms with Crippen LogP contribution >= 0.6 is 11.6 Å². The van der Waals surface area contributed by atoms with Crippen LogP contribution in [0.15, 0.2) is 108 Å². The molecule has 318 valence electrons. The van der Waals surface area contributed by atoms with Crippen molar-refractivity contribution in [1.82, 2.24) is 4.98 Å². The molecule has 0 saturated carbocycles. The fraction of sp³-hybridized carbons (Fsp3) is 0.229. The predicted octanol–water partition coefficient (Wildman–Crippen LogP) is 9.49. The number of hydrogen-bond donors (Lipinski definition) is 2. The third-order valence-electron chi connectivity index (χ3n) is 10.5. The Morgan fingerprint density at radius 2 is 1.68 bits per heavy atom. The average Bonchev–Trinajstić information content (AvgIpc) is 3.67. The lowest BCUT2D eigenvalue weighted by Crippen LogP contribution is -2.39. The van der Waals surface area contributed by atoms with Crippen LogP contribution in [0.2, 0.25) is 5.02 Å². The van der Waals surface area contributed by atoms with Crippen LogP contribution in [0.1, 0.15) is 76.8 Å². The van der Waals surface area contributed by atoms with Gasteiger partial charge in [0.1, 0.15) is 22.9 Å². The number of sulfonamides is 1. The zero-order valence-corrected chi connectivity index (χ0v) is 36.6. The lowest BCUT2D eigenvalue weighted by atomic mass is 9.82. The second-order valence-corrected chi connectivity index (χ2v) is 17.6. The summed E-state index contributed by atoms with van der Waals surface area (Å²) in [7, 11) is -2.08. The van der Waals surface area contributed by atoms with Gasteiger partial charge in [0.2, 0.25) is 27.8 Å². The van der Waals surface area contributed by atoms with E-state index in [0.29, 0.717) is 44.8 Å². The van der Waals surface area contributed by atoms with Crippen molar-refractivity contribution >= 4 is 73.4 Å². The van der Waals surface area contributed by atoms with Crippen molar-refractivity contribution in [2.24, 2.45) is 0 Å². The van der Waals surface area contributed by atoms with Crippen LogP contribution in [0.4, 0.5) is 11.4 Å². The minimum Gasteiger partial charge on any atom is -0.497 e. The molecular formula is C48H45ClN4O8S.